The third-order valence-electron chi connectivity index (χ3n) is 3.46. The fourth-order valence-electron chi connectivity index (χ4n) is 2.43. The fraction of sp³-hybridized carbons (Fsp3) is 0.667. The maximum atomic E-state index is 12.3. The summed E-state index contributed by atoms with van der Waals surface area (Å²) in [5.41, 5.74) is 8.47. The van der Waals surface area contributed by atoms with Crippen molar-refractivity contribution in [1.82, 2.24) is 9.24 Å². The molecule has 21 heavy (non-hydrogen) atoms. The van der Waals surface area contributed by atoms with E-state index in [4.69, 9.17) is 20.8 Å². The first-order chi connectivity index (χ1) is 10.1. The van der Waals surface area contributed by atoms with Gasteiger partial charge in [-0.2, -0.15) is 4.91 Å². The van der Waals surface area contributed by atoms with E-state index in [1.54, 1.807) is 6.20 Å². The SMILES string of the molecule is CCCc1cn([C@H]2CC[C@@H](CO)O2)c(=O)n(N=[N+]=[N-])c1=N. The van der Waals surface area contributed by atoms with Crippen LogP contribution in [0.4, 0.5) is 0 Å². The monoisotopic (exact) mass is 294 g/mol. The quantitative estimate of drug-likeness (QED) is 0.473. The standard InChI is InChI=1S/C12H18N6O3/c1-2-3-8-6-17(10-5-4-9(7-19)21-10)12(20)18(11(8)13)16-15-14/h6,9-10,13,19H,2-5,7H2,1H3/t9-,10+/m0/s1. The van der Waals surface area contributed by atoms with E-state index in [1.807, 2.05) is 6.92 Å². The minimum atomic E-state index is -0.610. The second kappa shape index (κ2) is 6.57. The van der Waals surface area contributed by atoms with E-state index >= 15 is 0 Å². The van der Waals surface area contributed by atoms with Crippen molar-refractivity contribution in [3.8, 4) is 0 Å². The number of aliphatic hydroxyl groups is 1. The lowest BCUT2D eigenvalue weighted by Gasteiger charge is -2.15. The summed E-state index contributed by atoms with van der Waals surface area (Å²) >= 11 is 0. The lowest BCUT2D eigenvalue weighted by molar-refractivity contribution is -0.0253. The van der Waals surface area contributed by atoms with Crippen molar-refractivity contribution in [1.29, 1.82) is 5.41 Å². The first-order valence-electron chi connectivity index (χ1n) is 6.85. The lowest BCUT2D eigenvalue weighted by Crippen LogP contribution is -2.40. The van der Waals surface area contributed by atoms with Crippen LogP contribution in [0, 0.1) is 5.41 Å². The van der Waals surface area contributed by atoms with Crippen LogP contribution in [0.1, 0.15) is 38.0 Å². The molecule has 0 radical (unpaired) electrons. The highest BCUT2D eigenvalue weighted by molar-refractivity contribution is 5.05. The number of aliphatic hydroxyl groups excluding tert-OH is 1. The summed E-state index contributed by atoms with van der Waals surface area (Å²) in [5.74, 6) is 0. The molecule has 0 unspecified atom stereocenters. The molecule has 0 saturated carbocycles. The van der Waals surface area contributed by atoms with Gasteiger partial charge < -0.3 is 9.84 Å². The molecule has 2 heterocycles. The van der Waals surface area contributed by atoms with Crippen LogP contribution in [0.15, 0.2) is 16.2 Å². The van der Waals surface area contributed by atoms with Crippen molar-refractivity contribution >= 4 is 0 Å². The van der Waals surface area contributed by atoms with E-state index < -0.39 is 11.9 Å². The third kappa shape index (κ3) is 2.99. The number of hydrogen-bond donors (Lipinski definition) is 2. The first-order valence-corrected chi connectivity index (χ1v) is 6.85. The summed E-state index contributed by atoms with van der Waals surface area (Å²) in [5, 5.41) is 20.3. The summed E-state index contributed by atoms with van der Waals surface area (Å²) in [4.78, 5) is 14.9. The Kier molecular flexibility index (Phi) is 4.79. The van der Waals surface area contributed by atoms with E-state index in [0.717, 1.165) is 11.1 Å². The average molecular weight is 294 g/mol. The molecule has 9 nitrogen and oxygen atoms in total. The maximum absolute atomic E-state index is 12.3. The van der Waals surface area contributed by atoms with E-state index in [-0.39, 0.29) is 18.2 Å². The maximum Gasteiger partial charge on any atom is 0.427 e. The predicted octanol–water partition coefficient (Wildman–Crippen LogP) is 0.825. The molecule has 0 spiro atoms. The van der Waals surface area contributed by atoms with Gasteiger partial charge in [-0.25, -0.2) is 4.79 Å². The predicted molar refractivity (Wildman–Crippen MR) is 73.3 cm³/mol. The Morgan fingerprint density at radius 1 is 1.62 bits per heavy atom. The second-order valence-electron chi connectivity index (χ2n) is 4.91. The lowest BCUT2D eigenvalue weighted by atomic mass is 10.2. The van der Waals surface area contributed by atoms with Gasteiger partial charge >= 0.3 is 5.69 Å². The van der Waals surface area contributed by atoms with Gasteiger partial charge in [0.2, 0.25) is 5.49 Å². The first kappa shape index (κ1) is 15.3. The van der Waals surface area contributed by atoms with E-state index in [9.17, 15) is 4.79 Å². The molecule has 2 atom stereocenters. The molecular formula is C12H18N6O3. The minimum absolute atomic E-state index is 0.0973. The van der Waals surface area contributed by atoms with Gasteiger partial charge in [-0.3, -0.25) is 9.98 Å². The Labute approximate surface area is 120 Å². The van der Waals surface area contributed by atoms with Crippen LogP contribution < -0.4 is 11.2 Å². The van der Waals surface area contributed by atoms with Gasteiger partial charge in [-0.05, 0) is 24.5 Å². The van der Waals surface area contributed by atoms with Crippen LogP contribution in [0.2, 0.25) is 0 Å². The molecule has 2 rings (SSSR count). The van der Waals surface area contributed by atoms with E-state index in [0.29, 0.717) is 24.8 Å². The Morgan fingerprint density at radius 3 is 2.95 bits per heavy atom. The second-order valence-corrected chi connectivity index (χ2v) is 4.91. The van der Waals surface area contributed by atoms with Crippen LogP contribution >= 0.6 is 0 Å². The Morgan fingerprint density at radius 2 is 2.38 bits per heavy atom. The van der Waals surface area contributed by atoms with Crippen LogP contribution in [0.3, 0.4) is 0 Å². The molecule has 0 aromatic carbocycles. The van der Waals surface area contributed by atoms with Gasteiger partial charge in [0, 0.05) is 11.8 Å². The zero-order chi connectivity index (χ0) is 15.4. The van der Waals surface area contributed by atoms with Gasteiger partial charge in [-0.1, -0.05) is 13.3 Å². The van der Waals surface area contributed by atoms with Crippen LogP contribution in [-0.2, 0) is 11.2 Å². The van der Waals surface area contributed by atoms with Gasteiger partial charge in [0.25, 0.3) is 0 Å². The summed E-state index contributed by atoms with van der Waals surface area (Å²) < 4.78 is 7.66. The smallest absolute Gasteiger partial charge is 0.394 e. The number of hydrogen-bond acceptors (Lipinski definition) is 5. The molecule has 0 aliphatic carbocycles. The Balaban J connectivity index is 2.53. The molecule has 0 bridgehead atoms. The van der Waals surface area contributed by atoms with Crippen molar-refractivity contribution in [2.75, 3.05) is 6.61 Å². The number of rotatable bonds is 5. The third-order valence-corrected chi connectivity index (χ3v) is 3.46. The normalized spacial score (nSPS) is 21.2. The topological polar surface area (TPSA) is 129 Å². The highest BCUT2D eigenvalue weighted by Gasteiger charge is 2.28. The van der Waals surface area contributed by atoms with E-state index in [2.05, 4.69) is 10.1 Å². The van der Waals surface area contributed by atoms with Gasteiger partial charge in [-0.15, -0.1) is 10.2 Å². The van der Waals surface area contributed by atoms with Crippen LogP contribution in [0.5, 0.6) is 0 Å². The van der Waals surface area contributed by atoms with Gasteiger partial charge in [0.05, 0.1) is 12.7 Å². The van der Waals surface area contributed by atoms with Crippen LogP contribution in [-0.4, -0.2) is 27.1 Å². The average Bonchev–Trinajstić information content (AvgIpc) is 2.95. The van der Waals surface area contributed by atoms with Crippen molar-refractivity contribution in [2.24, 2.45) is 5.22 Å². The molecule has 0 amide bonds. The molecule has 2 N–H and O–H groups in total. The molecule has 1 saturated heterocycles. The molecule has 1 aromatic heterocycles. The molecule has 1 aliphatic rings. The highest BCUT2D eigenvalue weighted by atomic mass is 16.5. The molecule has 1 aliphatic heterocycles. The minimum Gasteiger partial charge on any atom is -0.394 e. The van der Waals surface area contributed by atoms with Crippen molar-refractivity contribution in [3.05, 3.63) is 38.2 Å². The zero-order valence-corrected chi connectivity index (χ0v) is 11.8. The number of ether oxygens (including phenoxy) is 1. The number of aromatic nitrogens is 2. The summed E-state index contributed by atoms with van der Waals surface area (Å²) in [6.45, 7) is 1.86. The number of nitrogens with zero attached hydrogens (tertiary/aromatic N) is 5. The molecule has 114 valence electrons. The molecule has 1 fully saturated rings. The highest BCUT2D eigenvalue weighted by Crippen LogP contribution is 2.26. The Bertz CT molecular complexity index is 673. The summed E-state index contributed by atoms with van der Waals surface area (Å²) in [6.07, 6.45) is 3.42. The van der Waals surface area contributed by atoms with Crippen molar-refractivity contribution < 1.29 is 9.84 Å². The van der Waals surface area contributed by atoms with Crippen molar-refractivity contribution in [2.45, 2.75) is 44.9 Å². The molecule has 9 heteroatoms. The molecular weight excluding hydrogens is 276 g/mol. The van der Waals surface area contributed by atoms with Crippen molar-refractivity contribution in [3.63, 3.8) is 0 Å². The Hall–Kier alpha value is -2.09. The van der Waals surface area contributed by atoms with Crippen LogP contribution in [0.25, 0.3) is 10.4 Å². The zero-order valence-electron chi connectivity index (χ0n) is 11.8. The summed E-state index contributed by atoms with van der Waals surface area (Å²) in [6, 6.07) is 0. The summed E-state index contributed by atoms with van der Waals surface area (Å²) in [7, 11) is 0. The van der Waals surface area contributed by atoms with E-state index in [1.165, 1.54) is 4.57 Å². The fourth-order valence-corrected chi connectivity index (χ4v) is 2.43. The largest absolute Gasteiger partial charge is 0.427 e. The number of nitrogens with one attached hydrogen (secondary N) is 1. The number of aryl methyl sites for hydroxylation is 1. The van der Waals surface area contributed by atoms with Gasteiger partial charge in [0.15, 0.2) is 0 Å². The number of azide groups is 1. The molecule has 1 aromatic rings. The van der Waals surface area contributed by atoms with Gasteiger partial charge in [0.1, 0.15) is 6.23 Å².